The number of nitrogens with one attached hydrogen (secondary N) is 1. The standard InChI is InChI=1S/C8H10Br2N2/c1-5(11-2)8-6(9)3-12-4-7(8)10/h3-5,11H,1-2H3/t5-/m1/s1. The van der Waals surface area contributed by atoms with Crippen LogP contribution in [-0.2, 0) is 0 Å². The van der Waals surface area contributed by atoms with Gasteiger partial charge in [-0.2, -0.15) is 0 Å². The van der Waals surface area contributed by atoms with E-state index < -0.39 is 0 Å². The molecule has 0 bridgehead atoms. The molecule has 1 heterocycles. The molecule has 4 heteroatoms. The molecule has 66 valence electrons. The van der Waals surface area contributed by atoms with Crippen LogP contribution in [-0.4, -0.2) is 12.0 Å². The molecule has 0 aromatic carbocycles. The van der Waals surface area contributed by atoms with E-state index in [1.165, 1.54) is 5.56 Å². The van der Waals surface area contributed by atoms with Crippen molar-refractivity contribution in [1.82, 2.24) is 10.3 Å². The minimum Gasteiger partial charge on any atom is -0.313 e. The quantitative estimate of drug-likeness (QED) is 0.907. The lowest BCUT2D eigenvalue weighted by Gasteiger charge is -2.13. The molecule has 0 radical (unpaired) electrons. The molecule has 0 unspecified atom stereocenters. The van der Waals surface area contributed by atoms with Crippen molar-refractivity contribution < 1.29 is 0 Å². The van der Waals surface area contributed by atoms with Gasteiger partial charge in [-0.25, -0.2) is 0 Å². The van der Waals surface area contributed by atoms with Crippen LogP contribution < -0.4 is 5.32 Å². The Morgan fingerprint density at radius 2 is 1.83 bits per heavy atom. The van der Waals surface area contributed by atoms with Gasteiger partial charge in [0.1, 0.15) is 0 Å². The molecule has 0 aliphatic carbocycles. The summed E-state index contributed by atoms with van der Waals surface area (Å²) in [6.07, 6.45) is 3.60. The maximum atomic E-state index is 4.04. The summed E-state index contributed by atoms with van der Waals surface area (Å²) in [4.78, 5) is 4.04. The molecule has 1 atom stereocenters. The number of nitrogens with zero attached hydrogens (tertiary/aromatic N) is 1. The van der Waals surface area contributed by atoms with Gasteiger partial charge in [0.15, 0.2) is 0 Å². The lowest BCUT2D eigenvalue weighted by Crippen LogP contribution is -2.13. The zero-order valence-corrected chi connectivity index (χ0v) is 10.1. The van der Waals surface area contributed by atoms with Crippen LogP contribution in [0.3, 0.4) is 0 Å². The molecule has 0 amide bonds. The van der Waals surface area contributed by atoms with Crippen LogP contribution in [0.2, 0.25) is 0 Å². The molecule has 0 saturated carbocycles. The van der Waals surface area contributed by atoms with Gasteiger partial charge >= 0.3 is 0 Å². The number of hydrogen-bond donors (Lipinski definition) is 1. The van der Waals surface area contributed by atoms with Gasteiger partial charge in [-0.1, -0.05) is 0 Å². The largest absolute Gasteiger partial charge is 0.313 e. The SMILES string of the molecule is CN[C@H](C)c1c(Br)cncc1Br. The molecule has 12 heavy (non-hydrogen) atoms. The molecular weight excluding hydrogens is 284 g/mol. The minimum atomic E-state index is 0.316. The maximum Gasteiger partial charge on any atom is 0.0417 e. The Morgan fingerprint density at radius 3 is 2.25 bits per heavy atom. The van der Waals surface area contributed by atoms with Gasteiger partial charge in [-0.05, 0) is 45.8 Å². The third kappa shape index (κ3) is 2.06. The van der Waals surface area contributed by atoms with Crippen molar-refractivity contribution in [3.05, 3.63) is 26.9 Å². The molecule has 1 aromatic heterocycles. The predicted octanol–water partition coefficient (Wildman–Crippen LogP) is 2.89. The highest BCUT2D eigenvalue weighted by Crippen LogP contribution is 2.29. The summed E-state index contributed by atoms with van der Waals surface area (Å²) in [5.74, 6) is 0. The smallest absolute Gasteiger partial charge is 0.0417 e. The summed E-state index contributed by atoms with van der Waals surface area (Å²) in [6, 6.07) is 0.316. The second-order valence-corrected chi connectivity index (χ2v) is 4.24. The first-order valence-electron chi connectivity index (χ1n) is 3.63. The van der Waals surface area contributed by atoms with E-state index in [4.69, 9.17) is 0 Å². The molecule has 0 spiro atoms. The highest BCUT2D eigenvalue weighted by molar-refractivity contribution is 9.11. The van der Waals surface area contributed by atoms with E-state index in [9.17, 15) is 0 Å². The highest BCUT2D eigenvalue weighted by Gasteiger charge is 2.10. The summed E-state index contributed by atoms with van der Waals surface area (Å²) >= 11 is 6.91. The third-order valence-corrected chi connectivity index (χ3v) is 3.02. The lowest BCUT2D eigenvalue weighted by atomic mass is 10.1. The van der Waals surface area contributed by atoms with Crippen LogP contribution in [0.25, 0.3) is 0 Å². The maximum absolute atomic E-state index is 4.04. The van der Waals surface area contributed by atoms with E-state index in [1.807, 2.05) is 7.05 Å². The zero-order valence-electron chi connectivity index (χ0n) is 6.94. The first-order chi connectivity index (χ1) is 5.66. The molecule has 0 saturated heterocycles. The Balaban J connectivity index is 3.12. The molecule has 0 aliphatic rings. The Hall–Kier alpha value is 0.0700. The van der Waals surface area contributed by atoms with E-state index in [0.717, 1.165) is 8.95 Å². The number of hydrogen-bond acceptors (Lipinski definition) is 2. The van der Waals surface area contributed by atoms with E-state index in [-0.39, 0.29) is 0 Å². The Kier molecular flexibility index (Phi) is 3.68. The first kappa shape index (κ1) is 10.2. The van der Waals surface area contributed by atoms with Gasteiger partial charge in [0, 0.05) is 32.9 Å². The zero-order chi connectivity index (χ0) is 9.14. The second-order valence-electron chi connectivity index (χ2n) is 2.53. The summed E-state index contributed by atoms with van der Waals surface area (Å²) in [5, 5.41) is 3.18. The number of pyridine rings is 1. The summed E-state index contributed by atoms with van der Waals surface area (Å²) < 4.78 is 2.05. The van der Waals surface area contributed by atoms with Crippen molar-refractivity contribution >= 4 is 31.9 Å². The van der Waals surface area contributed by atoms with Crippen molar-refractivity contribution in [3.8, 4) is 0 Å². The lowest BCUT2D eigenvalue weighted by molar-refractivity contribution is 0.645. The number of rotatable bonds is 2. The van der Waals surface area contributed by atoms with Gasteiger partial charge in [-0.15, -0.1) is 0 Å². The topological polar surface area (TPSA) is 24.9 Å². The van der Waals surface area contributed by atoms with Crippen LogP contribution in [0.15, 0.2) is 21.3 Å². The van der Waals surface area contributed by atoms with Gasteiger partial charge in [-0.3, -0.25) is 4.98 Å². The predicted molar refractivity (Wildman–Crippen MR) is 57.1 cm³/mol. The molecule has 1 N–H and O–H groups in total. The van der Waals surface area contributed by atoms with Crippen LogP contribution >= 0.6 is 31.9 Å². The number of aromatic nitrogens is 1. The third-order valence-electron chi connectivity index (χ3n) is 1.76. The van der Waals surface area contributed by atoms with Crippen molar-refractivity contribution in [2.24, 2.45) is 0 Å². The van der Waals surface area contributed by atoms with Crippen LogP contribution in [0, 0.1) is 0 Å². The van der Waals surface area contributed by atoms with Crippen LogP contribution in [0.5, 0.6) is 0 Å². The summed E-state index contributed by atoms with van der Waals surface area (Å²) in [7, 11) is 1.93. The van der Waals surface area contributed by atoms with Gasteiger partial charge in [0.25, 0.3) is 0 Å². The van der Waals surface area contributed by atoms with Crippen molar-refractivity contribution in [2.75, 3.05) is 7.05 Å². The summed E-state index contributed by atoms with van der Waals surface area (Å²) in [6.45, 7) is 2.10. The van der Waals surface area contributed by atoms with E-state index in [0.29, 0.717) is 6.04 Å². The van der Waals surface area contributed by atoms with Crippen LogP contribution in [0.1, 0.15) is 18.5 Å². The molecule has 1 aromatic rings. The van der Waals surface area contributed by atoms with E-state index in [1.54, 1.807) is 12.4 Å². The van der Waals surface area contributed by atoms with Gasteiger partial charge in [0.2, 0.25) is 0 Å². The Bertz CT molecular complexity index is 256. The highest BCUT2D eigenvalue weighted by atomic mass is 79.9. The molecule has 1 rings (SSSR count). The van der Waals surface area contributed by atoms with Gasteiger partial charge in [0.05, 0.1) is 0 Å². The van der Waals surface area contributed by atoms with Crippen molar-refractivity contribution in [1.29, 1.82) is 0 Å². The normalized spacial score (nSPS) is 13.0. The van der Waals surface area contributed by atoms with E-state index >= 15 is 0 Å². The monoisotopic (exact) mass is 292 g/mol. The molecule has 2 nitrogen and oxygen atoms in total. The fraction of sp³-hybridized carbons (Fsp3) is 0.375. The fourth-order valence-electron chi connectivity index (χ4n) is 0.979. The average Bonchev–Trinajstić information content (AvgIpc) is 2.03. The first-order valence-corrected chi connectivity index (χ1v) is 5.21. The van der Waals surface area contributed by atoms with E-state index in [2.05, 4.69) is 49.1 Å². The van der Waals surface area contributed by atoms with Crippen LogP contribution in [0.4, 0.5) is 0 Å². The fourth-order valence-corrected chi connectivity index (χ4v) is 2.60. The van der Waals surface area contributed by atoms with Crippen molar-refractivity contribution in [3.63, 3.8) is 0 Å². The molecule has 0 aliphatic heterocycles. The Morgan fingerprint density at radius 1 is 1.33 bits per heavy atom. The summed E-state index contributed by atoms with van der Waals surface area (Å²) in [5.41, 5.74) is 1.20. The number of halogens is 2. The Labute approximate surface area is 89.0 Å². The molecular formula is C8H10Br2N2. The van der Waals surface area contributed by atoms with Crippen molar-refractivity contribution in [2.45, 2.75) is 13.0 Å². The van der Waals surface area contributed by atoms with Gasteiger partial charge < -0.3 is 5.32 Å². The second kappa shape index (κ2) is 4.35. The minimum absolute atomic E-state index is 0.316. The average molecular weight is 294 g/mol. The molecule has 0 fully saturated rings.